The fraction of sp³-hybridized carbons (Fsp3) is 0.267. The van der Waals surface area contributed by atoms with Gasteiger partial charge >= 0.3 is 0 Å². The van der Waals surface area contributed by atoms with Gasteiger partial charge in [0.05, 0.1) is 6.61 Å². The monoisotopic (exact) mass is 227 g/mol. The summed E-state index contributed by atoms with van der Waals surface area (Å²) in [6, 6.07) is 10.2. The van der Waals surface area contributed by atoms with Crippen LogP contribution in [0.4, 0.5) is 0 Å². The molecule has 0 atom stereocenters. The van der Waals surface area contributed by atoms with Crippen molar-refractivity contribution in [1.82, 2.24) is 4.98 Å². The molecule has 0 N–H and O–H groups in total. The Balaban J connectivity index is 2.37. The Labute approximate surface area is 102 Å². The summed E-state index contributed by atoms with van der Waals surface area (Å²) >= 11 is 0. The van der Waals surface area contributed by atoms with Crippen LogP contribution in [-0.2, 0) is 0 Å². The Kier molecular flexibility index (Phi) is 3.76. The van der Waals surface area contributed by atoms with Crippen molar-refractivity contribution in [3.8, 4) is 16.9 Å². The minimum absolute atomic E-state index is 0.746. The van der Waals surface area contributed by atoms with Crippen molar-refractivity contribution in [3.05, 3.63) is 48.3 Å². The van der Waals surface area contributed by atoms with E-state index in [0.717, 1.165) is 35.5 Å². The van der Waals surface area contributed by atoms with Crippen LogP contribution in [0.5, 0.6) is 5.75 Å². The van der Waals surface area contributed by atoms with Crippen LogP contribution in [0.1, 0.15) is 18.9 Å². The smallest absolute Gasteiger partial charge is 0.127 e. The van der Waals surface area contributed by atoms with Gasteiger partial charge in [0.25, 0.3) is 0 Å². The van der Waals surface area contributed by atoms with Crippen LogP contribution >= 0.6 is 0 Å². The predicted octanol–water partition coefficient (Wildman–Crippen LogP) is 3.85. The standard InChI is InChI=1S/C15H17NO/c1-3-8-17-15-7-5-4-6-14(15)13-9-12(2)10-16-11-13/h4-7,9-11H,3,8H2,1-2H3. The van der Waals surface area contributed by atoms with Gasteiger partial charge in [-0.1, -0.05) is 25.1 Å². The summed E-state index contributed by atoms with van der Waals surface area (Å²) in [6.45, 7) is 4.90. The zero-order chi connectivity index (χ0) is 12.1. The molecule has 1 heterocycles. The van der Waals surface area contributed by atoms with Crippen molar-refractivity contribution >= 4 is 0 Å². The van der Waals surface area contributed by atoms with E-state index in [1.54, 1.807) is 0 Å². The second kappa shape index (κ2) is 5.48. The van der Waals surface area contributed by atoms with E-state index in [1.807, 2.05) is 37.5 Å². The van der Waals surface area contributed by atoms with Crippen LogP contribution in [0.25, 0.3) is 11.1 Å². The van der Waals surface area contributed by atoms with E-state index in [1.165, 1.54) is 0 Å². The molecule has 0 saturated heterocycles. The highest BCUT2D eigenvalue weighted by Gasteiger charge is 2.05. The number of hydrogen-bond donors (Lipinski definition) is 0. The summed E-state index contributed by atoms with van der Waals surface area (Å²) in [5.74, 6) is 0.932. The lowest BCUT2D eigenvalue weighted by Gasteiger charge is -2.10. The number of ether oxygens (including phenoxy) is 1. The first-order chi connectivity index (χ1) is 8.31. The Hall–Kier alpha value is -1.83. The average molecular weight is 227 g/mol. The fourth-order valence-electron chi connectivity index (χ4n) is 1.75. The van der Waals surface area contributed by atoms with Gasteiger partial charge in [-0.3, -0.25) is 4.98 Å². The van der Waals surface area contributed by atoms with Crippen molar-refractivity contribution < 1.29 is 4.74 Å². The molecule has 88 valence electrons. The average Bonchev–Trinajstić information content (AvgIpc) is 2.37. The summed E-state index contributed by atoms with van der Waals surface area (Å²) in [6.07, 6.45) is 4.75. The van der Waals surface area contributed by atoms with Crippen molar-refractivity contribution in [3.63, 3.8) is 0 Å². The second-order valence-electron chi connectivity index (χ2n) is 4.10. The largest absolute Gasteiger partial charge is 0.493 e. The lowest BCUT2D eigenvalue weighted by Crippen LogP contribution is -1.97. The zero-order valence-corrected chi connectivity index (χ0v) is 10.3. The Morgan fingerprint density at radius 3 is 2.76 bits per heavy atom. The quantitative estimate of drug-likeness (QED) is 0.791. The maximum Gasteiger partial charge on any atom is 0.127 e. The second-order valence-corrected chi connectivity index (χ2v) is 4.10. The topological polar surface area (TPSA) is 22.1 Å². The van der Waals surface area contributed by atoms with E-state index >= 15 is 0 Å². The summed E-state index contributed by atoms with van der Waals surface area (Å²) in [5, 5.41) is 0. The number of pyridine rings is 1. The van der Waals surface area contributed by atoms with E-state index < -0.39 is 0 Å². The molecule has 0 aliphatic heterocycles. The fourth-order valence-corrected chi connectivity index (χ4v) is 1.75. The highest BCUT2D eigenvalue weighted by atomic mass is 16.5. The summed E-state index contributed by atoms with van der Waals surface area (Å²) in [7, 11) is 0. The molecule has 2 nitrogen and oxygen atoms in total. The Bertz CT molecular complexity index is 494. The number of para-hydroxylation sites is 1. The minimum atomic E-state index is 0.746. The third-order valence-electron chi connectivity index (χ3n) is 2.53. The normalized spacial score (nSPS) is 10.2. The lowest BCUT2D eigenvalue weighted by atomic mass is 10.1. The lowest BCUT2D eigenvalue weighted by molar-refractivity contribution is 0.318. The van der Waals surface area contributed by atoms with E-state index in [2.05, 4.69) is 24.0 Å². The first kappa shape index (κ1) is 11.6. The molecule has 0 amide bonds. The highest BCUT2D eigenvalue weighted by molar-refractivity contribution is 5.70. The molecular weight excluding hydrogens is 210 g/mol. The summed E-state index contributed by atoms with van der Waals surface area (Å²) < 4.78 is 5.75. The molecular formula is C15H17NO. The third kappa shape index (κ3) is 2.84. The van der Waals surface area contributed by atoms with Gasteiger partial charge in [0.2, 0.25) is 0 Å². The number of aryl methyl sites for hydroxylation is 1. The van der Waals surface area contributed by atoms with Gasteiger partial charge in [0, 0.05) is 23.5 Å². The van der Waals surface area contributed by atoms with Crippen molar-refractivity contribution in [2.24, 2.45) is 0 Å². The van der Waals surface area contributed by atoms with E-state index in [4.69, 9.17) is 4.74 Å². The molecule has 2 rings (SSSR count). The van der Waals surface area contributed by atoms with E-state index in [9.17, 15) is 0 Å². The number of benzene rings is 1. The number of rotatable bonds is 4. The van der Waals surface area contributed by atoms with Crippen LogP contribution in [0.15, 0.2) is 42.7 Å². The van der Waals surface area contributed by atoms with Crippen LogP contribution in [0.3, 0.4) is 0 Å². The zero-order valence-electron chi connectivity index (χ0n) is 10.3. The highest BCUT2D eigenvalue weighted by Crippen LogP contribution is 2.29. The molecule has 0 aliphatic carbocycles. The first-order valence-corrected chi connectivity index (χ1v) is 5.95. The van der Waals surface area contributed by atoms with Gasteiger partial charge in [-0.05, 0) is 31.0 Å². The molecule has 17 heavy (non-hydrogen) atoms. The Morgan fingerprint density at radius 1 is 1.18 bits per heavy atom. The van der Waals surface area contributed by atoms with Crippen LogP contribution in [0, 0.1) is 6.92 Å². The minimum Gasteiger partial charge on any atom is -0.493 e. The van der Waals surface area contributed by atoms with Gasteiger partial charge in [0.1, 0.15) is 5.75 Å². The molecule has 2 aromatic rings. The molecule has 0 unspecified atom stereocenters. The number of aromatic nitrogens is 1. The molecule has 0 radical (unpaired) electrons. The summed E-state index contributed by atoms with van der Waals surface area (Å²) in [4.78, 5) is 4.23. The van der Waals surface area contributed by atoms with Gasteiger partial charge in [-0.25, -0.2) is 0 Å². The third-order valence-corrected chi connectivity index (χ3v) is 2.53. The molecule has 1 aromatic carbocycles. The molecule has 1 aromatic heterocycles. The SMILES string of the molecule is CCCOc1ccccc1-c1cncc(C)c1. The molecule has 0 spiro atoms. The number of hydrogen-bond acceptors (Lipinski definition) is 2. The van der Waals surface area contributed by atoms with E-state index in [0.29, 0.717) is 0 Å². The van der Waals surface area contributed by atoms with E-state index in [-0.39, 0.29) is 0 Å². The molecule has 0 bridgehead atoms. The summed E-state index contributed by atoms with van der Waals surface area (Å²) in [5.41, 5.74) is 3.38. The maximum atomic E-state index is 5.75. The molecule has 0 fully saturated rings. The Morgan fingerprint density at radius 2 is 2.00 bits per heavy atom. The molecule has 0 saturated carbocycles. The van der Waals surface area contributed by atoms with Crippen LogP contribution in [-0.4, -0.2) is 11.6 Å². The number of nitrogens with zero attached hydrogens (tertiary/aromatic N) is 1. The predicted molar refractivity (Wildman–Crippen MR) is 70.2 cm³/mol. The van der Waals surface area contributed by atoms with Crippen LogP contribution < -0.4 is 4.74 Å². The van der Waals surface area contributed by atoms with Gasteiger partial charge < -0.3 is 4.74 Å². The van der Waals surface area contributed by atoms with Crippen molar-refractivity contribution in [2.75, 3.05) is 6.61 Å². The van der Waals surface area contributed by atoms with Gasteiger partial charge in [-0.2, -0.15) is 0 Å². The van der Waals surface area contributed by atoms with Crippen LogP contribution in [0.2, 0.25) is 0 Å². The van der Waals surface area contributed by atoms with Gasteiger partial charge in [-0.15, -0.1) is 0 Å². The van der Waals surface area contributed by atoms with Gasteiger partial charge in [0.15, 0.2) is 0 Å². The first-order valence-electron chi connectivity index (χ1n) is 5.95. The van der Waals surface area contributed by atoms with Crippen molar-refractivity contribution in [1.29, 1.82) is 0 Å². The molecule has 2 heteroatoms. The molecule has 0 aliphatic rings. The maximum absolute atomic E-state index is 5.75. The van der Waals surface area contributed by atoms with Crippen molar-refractivity contribution in [2.45, 2.75) is 20.3 Å².